The molecule has 0 amide bonds. The third kappa shape index (κ3) is 2.69. The van der Waals surface area contributed by atoms with Crippen LogP contribution >= 0.6 is 0 Å². The fourth-order valence-electron chi connectivity index (χ4n) is 2.99. The first kappa shape index (κ1) is 15.0. The van der Waals surface area contributed by atoms with Crippen molar-refractivity contribution in [3.63, 3.8) is 0 Å². The van der Waals surface area contributed by atoms with Crippen LogP contribution in [0.25, 0.3) is 22.2 Å². The van der Waals surface area contributed by atoms with Crippen molar-refractivity contribution >= 4 is 16.9 Å². The van der Waals surface area contributed by atoms with Crippen molar-refractivity contribution in [1.82, 2.24) is 15.3 Å². The van der Waals surface area contributed by atoms with E-state index in [2.05, 4.69) is 20.6 Å². The third-order valence-corrected chi connectivity index (χ3v) is 4.20. The lowest BCUT2D eigenvalue weighted by molar-refractivity contribution is 0.511. The Morgan fingerprint density at radius 3 is 2.75 bits per heavy atom. The molecule has 1 aromatic heterocycles. The van der Waals surface area contributed by atoms with Crippen LogP contribution in [0.2, 0.25) is 0 Å². The Labute approximate surface area is 137 Å². The number of rotatable bonds is 3. The minimum Gasteiger partial charge on any atom is -0.350 e. The second kappa shape index (κ2) is 6.13. The van der Waals surface area contributed by atoms with Crippen LogP contribution < -0.4 is 10.6 Å². The van der Waals surface area contributed by atoms with Crippen molar-refractivity contribution in [3.8, 4) is 11.3 Å². The normalized spacial score (nSPS) is 17.3. The standard InChI is InChI=1S/C18H16F2N4/c19-14-6-3-5-13(16(14)20)17-12-4-1-2-7-15(12)23-18(24-17)22-11-8-9-21-10-11/h1-7,11,21H,8-10H2,(H,22,23,24)/t11-/m1/s1. The first-order chi connectivity index (χ1) is 11.7. The highest BCUT2D eigenvalue weighted by Crippen LogP contribution is 2.30. The SMILES string of the molecule is Fc1cccc(-c2nc(N[C@@H]3CCNC3)nc3ccccc23)c1F. The lowest BCUT2D eigenvalue weighted by Crippen LogP contribution is -2.23. The number of hydrogen-bond donors (Lipinski definition) is 2. The van der Waals surface area contributed by atoms with Crippen molar-refractivity contribution < 1.29 is 8.78 Å². The minimum atomic E-state index is -0.894. The molecule has 4 rings (SSSR count). The summed E-state index contributed by atoms with van der Waals surface area (Å²) >= 11 is 0. The second-order valence-electron chi connectivity index (χ2n) is 5.85. The van der Waals surface area contributed by atoms with Crippen molar-refractivity contribution in [2.24, 2.45) is 0 Å². The zero-order valence-electron chi connectivity index (χ0n) is 12.9. The molecule has 0 aliphatic carbocycles. The Morgan fingerprint density at radius 1 is 1.04 bits per heavy atom. The summed E-state index contributed by atoms with van der Waals surface area (Å²) < 4.78 is 27.9. The molecular weight excluding hydrogens is 310 g/mol. The number of anilines is 1. The van der Waals surface area contributed by atoms with Gasteiger partial charge in [-0.25, -0.2) is 18.7 Å². The summed E-state index contributed by atoms with van der Waals surface area (Å²) in [5.74, 6) is -1.35. The van der Waals surface area contributed by atoms with Crippen molar-refractivity contribution in [1.29, 1.82) is 0 Å². The van der Waals surface area contributed by atoms with Crippen molar-refractivity contribution in [2.45, 2.75) is 12.5 Å². The summed E-state index contributed by atoms with van der Waals surface area (Å²) in [4.78, 5) is 8.99. The molecule has 6 heteroatoms. The Bertz CT molecular complexity index is 891. The number of nitrogens with one attached hydrogen (secondary N) is 2. The average molecular weight is 326 g/mol. The molecule has 122 valence electrons. The molecule has 0 saturated carbocycles. The van der Waals surface area contributed by atoms with E-state index in [0.29, 0.717) is 22.5 Å². The lowest BCUT2D eigenvalue weighted by atomic mass is 10.1. The van der Waals surface area contributed by atoms with Gasteiger partial charge in [0.15, 0.2) is 11.6 Å². The van der Waals surface area contributed by atoms with E-state index in [1.165, 1.54) is 12.1 Å². The first-order valence-electron chi connectivity index (χ1n) is 7.91. The van der Waals surface area contributed by atoms with Crippen LogP contribution in [0, 0.1) is 11.6 Å². The molecule has 0 radical (unpaired) electrons. The number of para-hydroxylation sites is 1. The highest BCUT2D eigenvalue weighted by atomic mass is 19.2. The maximum atomic E-state index is 14.3. The fraction of sp³-hybridized carbons (Fsp3) is 0.222. The average Bonchev–Trinajstić information content (AvgIpc) is 3.10. The molecule has 0 unspecified atom stereocenters. The molecule has 1 saturated heterocycles. The van der Waals surface area contributed by atoms with Gasteiger partial charge >= 0.3 is 0 Å². The van der Waals surface area contributed by atoms with Gasteiger partial charge in [-0.3, -0.25) is 0 Å². The molecule has 1 aliphatic rings. The Hall–Kier alpha value is -2.60. The zero-order valence-corrected chi connectivity index (χ0v) is 12.9. The van der Waals surface area contributed by atoms with E-state index in [-0.39, 0.29) is 11.6 Å². The quantitative estimate of drug-likeness (QED) is 0.775. The van der Waals surface area contributed by atoms with Crippen LogP contribution in [0.3, 0.4) is 0 Å². The molecule has 3 aromatic rings. The third-order valence-electron chi connectivity index (χ3n) is 4.20. The van der Waals surface area contributed by atoms with Gasteiger partial charge in [-0.1, -0.05) is 24.3 Å². The van der Waals surface area contributed by atoms with Crippen molar-refractivity contribution in [2.75, 3.05) is 18.4 Å². The van der Waals surface area contributed by atoms with Crippen LogP contribution in [0.1, 0.15) is 6.42 Å². The molecule has 4 nitrogen and oxygen atoms in total. The van der Waals surface area contributed by atoms with Gasteiger partial charge in [-0.15, -0.1) is 0 Å². The largest absolute Gasteiger partial charge is 0.350 e. The summed E-state index contributed by atoms with van der Waals surface area (Å²) in [6.45, 7) is 1.77. The minimum absolute atomic E-state index is 0.140. The van der Waals surface area contributed by atoms with Crippen molar-refractivity contribution in [3.05, 3.63) is 54.1 Å². The van der Waals surface area contributed by atoms with E-state index < -0.39 is 11.6 Å². The molecular formula is C18H16F2N4. The molecule has 0 spiro atoms. The van der Waals surface area contributed by atoms with E-state index in [1.54, 1.807) is 0 Å². The molecule has 1 fully saturated rings. The van der Waals surface area contributed by atoms with E-state index >= 15 is 0 Å². The summed E-state index contributed by atoms with van der Waals surface area (Å²) in [6.07, 6.45) is 0.972. The second-order valence-corrected chi connectivity index (χ2v) is 5.85. The zero-order chi connectivity index (χ0) is 16.5. The van der Waals surface area contributed by atoms with Crippen LogP contribution in [0.4, 0.5) is 14.7 Å². The predicted octanol–water partition coefficient (Wildman–Crippen LogP) is 3.35. The van der Waals surface area contributed by atoms with Gasteiger partial charge in [0.25, 0.3) is 0 Å². The Kier molecular flexibility index (Phi) is 3.82. The van der Waals surface area contributed by atoms with Crippen LogP contribution in [-0.2, 0) is 0 Å². The highest BCUT2D eigenvalue weighted by molar-refractivity contribution is 5.93. The van der Waals surface area contributed by atoms with E-state index in [1.807, 2.05) is 24.3 Å². The molecule has 2 N–H and O–H groups in total. The summed E-state index contributed by atoms with van der Waals surface area (Å²) in [5, 5.41) is 7.23. The topological polar surface area (TPSA) is 49.8 Å². The molecule has 1 atom stereocenters. The lowest BCUT2D eigenvalue weighted by Gasteiger charge is -2.14. The Balaban J connectivity index is 1.87. The van der Waals surface area contributed by atoms with Gasteiger partial charge in [-0.05, 0) is 31.2 Å². The number of aromatic nitrogens is 2. The highest BCUT2D eigenvalue weighted by Gasteiger charge is 2.19. The number of benzene rings is 2. The molecule has 1 aliphatic heterocycles. The first-order valence-corrected chi connectivity index (χ1v) is 7.91. The number of nitrogens with zero attached hydrogens (tertiary/aromatic N) is 2. The van der Waals surface area contributed by atoms with E-state index in [4.69, 9.17) is 0 Å². The molecule has 2 aromatic carbocycles. The van der Waals surface area contributed by atoms with Crippen LogP contribution in [-0.4, -0.2) is 29.1 Å². The van der Waals surface area contributed by atoms with Gasteiger partial charge in [0.05, 0.1) is 11.2 Å². The van der Waals surface area contributed by atoms with E-state index in [0.717, 1.165) is 25.6 Å². The monoisotopic (exact) mass is 326 g/mol. The van der Waals surface area contributed by atoms with E-state index in [9.17, 15) is 8.78 Å². The molecule has 0 bridgehead atoms. The maximum Gasteiger partial charge on any atom is 0.224 e. The molecule has 24 heavy (non-hydrogen) atoms. The maximum absolute atomic E-state index is 14.3. The van der Waals surface area contributed by atoms with Gasteiger partial charge in [-0.2, -0.15) is 0 Å². The number of halogens is 2. The predicted molar refractivity (Wildman–Crippen MR) is 89.8 cm³/mol. The van der Waals surface area contributed by atoms with Crippen LogP contribution in [0.15, 0.2) is 42.5 Å². The smallest absolute Gasteiger partial charge is 0.224 e. The van der Waals surface area contributed by atoms with Gasteiger partial charge in [0.2, 0.25) is 5.95 Å². The van der Waals surface area contributed by atoms with Crippen LogP contribution in [0.5, 0.6) is 0 Å². The summed E-state index contributed by atoms with van der Waals surface area (Å²) in [6, 6.07) is 11.7. The summed E-state index contributed by atoms with van der Waals surface area (Å²) in [5.41, 5.74) is 1.23. The van der Waals surface area contributed by atoms with Gasteiger partial charge < -0.3 is 10.6 Å². The van der Waals surface area contributed by atoms with Gasteiger partial charge in [0.1, 0.15) is 0 Å². The fourth-order valence-corrected chi connectivity index (χ4v) is 2.99. The number of fused-ring (bicyclic) bond motifs is 1. The van der Waals surface area contributed by atoms with Gasteiger partial charge in [0, 0.05) is 23.5 Å². The number of hydrogen-bond acceptors (Lipinski definition) is 4. The summed E-state index contributed by atoms with van der Waals surface area (Å²) in [7, 11) is 0. The Morgan fingerprint density at radius 2 is 1.92 bits per heavy atom. The molecule has 2 heterocycles.